The first kappa shape index (κ1) is 12.0. The van der Waals surface area contributed by atoms with E-state index < -0.39 is 0 Å². The van der Waals surface area contributed by atoms with Gasteiger partial charge in [0.15, 0.2) is 0 Å². The molecule has 1 aromatic carbocycles. The van der Waals surface area contributed by atoms with Crippen molar-refractivity contribution in [3.8, 4) is 5.75 Å². The van der Waals surface area contributed by atoms with Crippen molar-refractivity contribution in [2.45, 2.75) is 20.3 Å². The molecule has 2 aromatic rings. The lowest BCUT2D eigenvalue weighted by Crippen LogP contribution is -2.03. The van der Waals surface area contributed by atoms with Crippen LogP contribution in [-0.4, -0.2) is 6.61 Å². The number of thiophene rings is 1. The van der Waals surface area contributed by atoms with E-state index in [4.69, 9.17) is 10.5 Å². The molecular weight excluding hydrogens is 230 g/mol. The predicted molar refractivity (Wildman–Crippen MR) is 73.8 cm³/mol. The minimum Gasteiger partial charge on any atom is -0.493 e. The van der Waals surface area contributed by atoms with E-state index in [1.54, 1.807) is 11.3 Å². The highest BCUT2D eigenvalue weighted by Crippen LogP contribution is 2.24. The lowest BCUT2D eigenvalue weighted by molar-refractivity contribution is 0.320. The van der Waals surface area contributed by atoms with Crippen LogP contribution in [0.25, 0.3) is 0 Å². The number of benzene rings is 1. The largest absolute Gasteiger partial charge is 0.493 e. The first-order chi connectivity index (χ1) is 8.16. The van der Waals surface area contributed by atoms with Crippen LogP contribution in [0.5, 0.6) is 5.75 Å². The Labute approximate surface area is 106 Å². The standard InChI is InChI=1S/C14H17NOS/c1-10-7-11(2)14(8-13(10)15)16-5-3-12-4-6-17-9-12/h4,6-9H,3,5,15H2,1-2H3. The van der Waals surface area contributed by atoms with E-state index in [1.165, 1.54) is 5.56 Å². The second kappa shape index (κ2) is 5.23. The summed E-state index contributed by atoms with van der Waals surface area (Å²) in [6.45, 7) is 4.75. The molecule has 1 aromatic heterocycles. The summed E-state index contributed by atoms with van der Waals surface area (Å²) >= 11 is 1.72. The van der Waals surface area contributed by atoms with Gasteiger partial charge in [-0.3, -0.25) is 0 Å². The molecule has 3 heteroatoms. The molecule has 0 radical (unpaired) electrons. The molecule has 0 unspecified atom stereocenters. The fraction of sp³-hybridized carbons (Fsp3) is 0.286. The van der Waals surface area contributed by atoms with Crippen LogP contribution in [0.3, 0.4) is 0 Å². The predicted octanol–water partition coefficient (Wildman–Crippen LogP) is 3.57. The van der Waals surface area contributed by atoms with Crippen molar-refractivity contribution >= 4 is 17.0 Å². The maximum atomic E-state index is 5.88. The average molecular weight is 247 g/mol. The zero-order valence-corrected chi connectivity index (χ0v) is 11.0. The highest BCUT2D eigenvalue weighted by atomic mass is 32.1. The second-order valence-electron chi connectivity index (χ2n) is 4.20. The van der Waals surface area contributed by atoms with Gasteiger partial charge in [0.1, 0.15) is 5.75 Å². The summed E-state index contributed by atoms with van der Waals surface area (Å²) in [5.74, 6) is 0.892. The number of nitrogens with two attached hydrogens (primary N) is 1. The fourth-order valence-electron chi connectivity index (χ4n) is 1.72. The Hall–Kier alpha value is -1.48. The summed E-state index contributed by atoms with van der Waals surface area (Å²) in [5, 5.41) is 4.24. The van der Waals surface area contributed by atoms with Crippen LogP contribution in [0, 0.1) is 13.8 Å². The molecular formula is C14H17NOS. The molecule has 90 valence electrons. The molecule has 0 aliphatic carbocycles. The summed E-state index contributed by atoms with van der Waals surface area (Å²) in [7, 11) is 0. The molecule has 0 saturated carbocycles. The molecule has 0 aliphatic rings. The molecule has 2 rings (SSSR count). The van der Waals surface area contributed by atoms with Crippen LogP contribution < -0.4 is 10.5 Å². The van der Waals surface area contributed by atoms with E-state index in [0.717, 1.165) is 29.0 Å². The fourth-order valence-corrected chi connectivity index (χ4v) is 2.42. The minimum absolute atomic E-state index is 0.695. The van der Waals surface area contributed by atoms with Crippen molar-refractivity contribution in [2.75, 3.05) is 12.3 Å². The number of aryl methyl sites for hydroxylation is 2. The lowest BCUT2D eigenvalue weighted by atomic mass is 10.1. The molecule has 0 aliphatic heterocycles. The van der Waals surface area contributed by atoms with Crippen molar-refractivity contribution in [1.29, 1.82) is 0 Å². The van der Waals surface area contributed by atoms with Gasteiger partial charge in [-0.25, -0.2) is 0 Å². The maximum absolute atomic E-state index is 5.88. The molecule has 0 saturated heterocycles. The van der Waals surface area contributed by atoms with E-state index in [-0.39, 0.29) is 0 Å². The smallest absolute Gasteiger partial charge is 0.124 e. The van der Waals surface area contributed by atoms with Gasteiger partial charge < -0.3 is 10.5 Å². The van der Waals surface area contributed by atoms with Crippen LogP contribution in [0.4, 0.5) is 5.69 Å². The minimum atomic E-state index is 0.695. The lowest BCUT2D eigenvalue weighted by Gasteiger charge is -2.11. The Morgan fingerprint density at radius 3 is 2.76 bits per heavy atom. The van der Waals surface area contributed by atoms with Crippen LogP contribution in [0.15, 0.2) is 29.0 Å². The molecule has 17 heavy (non-hydrogen) atoms. The summed E-state index contributed by atoms with van der Waals surface area (Å²) in [6.07, 6.45) is 0.941. The van der Waals surface area contributed by atoms with Gasteiger partial charge in [-0.15, -0.1) is 0 Å². The van der Waals surface area contributed by atoms with Gasteiger partial charge in [0, 0.05) is 18.2 Å². The van der Waals surface area contributed by atoms with Crippen molar-refractivity contribution in [3.05, 3.63) is 45.6 Å². The van der Waals surface area contributed by atoms with Gasteiger partial charge in [-0.2, -0.15) is 11.3 Å². The van der Waals surface area contributed by atoms with Gasteiger partial charge in [-0.05, 0) is 47.4 Å². The average Bonchev–Trinajstić information content (AvgIpc) is 2.78. The molecule has 0 atom stereocenters. The molecule has 2 N–H and O–H groups in total. The summed E-state index contributed by atoms with van der Waals surface area (Å²) < 4.78 is 5.77. The Morgan fingerprint density at radius 1 is 1.24 bits per heavy atom. The maximum Gasteiger partial charge on any atom is 0.124 e. The normalized spacial score (nSPS) is 10.5. The SMILES string of the molecule is Cc1cc(C)c(OCCc2ccsc2)cc1N. The Kier molecular flexibility index (Phi) is 3.69. The highest BCUT2D eigenvalue weighted by molar-refractivity contribution is 7.07. The summed E-state index contributed by atoms with van der Waals surface area (Å²) in [5.41, 5.74) is 10.2. The van der Waals surface area contributed by atoms with E-state index in [0.29, 0.717) is 6.61 Å². The molecule has 1 heterocycles. The zero-order chi connectivity index (χ0) is 12.3. The Morgan fingerprint density at radius 2 is 2.06 bits per heavy atom. The van der Waals surface area contributed by atoms with Gasteiger partial charge in [0.05, 0.1) is 6.61 Å². The zero-order valence-electron chi connectivity index (χ0n) is 10.2. The van der Waals surface area contributed by atoms with Crippen LogP contribution in [-0.2, 0) is 6.42 Å². The second-order valence-corrected chi connectivity index (χ2v) is 4.98. The van der Waals surface area contributed by atoms with Crippen molar-refractivity contribution in [1.82, 2.24) is 0 Å². The quantitative estimate of drug-likeness (QED) is 0.838. The number of nitrogen functional groups attached to an aromatic ring is 1. The summed E-state index contributed by atoms with van der Waals surface area (Å²) in [6, 6.07) is 6.11. The highest BCUT2D eigenvalue weighted by Gasteiger charge is 2.03. The molecule has 2 nitrogen and oxygen atoms in total. The van der Waals surface area contributed by atoms with E-state index >= 15 is 0 Å². The Bertz CT molecular complexity index is 491. The topological polar surface area (TPSA) is 35.2 Å². The van der Waals surface area contributed by atoms with Crippen molar-refractivity contribution in [3.63, 3.8) is 0 Å². The van der Waals surface area contributed by atoms with E-state index in [9.17, 15) is 0 Å². The van der Waals surface area contributed by atoms with E-state index in [1.807, 2.05) is 19.9 Å². The third-order valence-corrected chi connectivity index (χ3v) is 3.52. The number of ether oxygens (including phenoxy) is 1. The first-order valence-corrected chi connectivity index (χ1v) is 6.61. The monoisotopic (exact) mass is 247 g/mol. The van der Waals surface area contributed by atoms with Gasteiger partial charge >= 0.3 is 0 Å². The third-order valence-electron chi connectivity index (χ3n) is 2.79. The van der Waals surface area contributed by atoms with E-state index in [2.05, 4.69) is 22.9 Å². The summed E-state index contributed by atoms with van der Waals surface area (Å²) in [4.78, 5) is 0. The molecule has 0 bridgehead atoms. The van der Waals surface area contributed by atoms with Gasteiger partial charge in [0.2, 0.25) is 0 Å². The van der Waals surface area contributed by atoms with Gasteiger partial charge in [0.25, 0.3) is 0 Å². The van der Waals surface area contributed by atoms with Crippen LogP contribution >= 0.6 is 11.3 Å². The number of hydrogen-bond donors (Lipinski definition) is 1. The first-order valence-electron chi connectivity index (χ1n) is 5.67. The van der Waals surface area contributed by atoms with Crippen molar-refractivity contribution in [2.24, 2.45) is 0 Å². The number of anilines is 1. The van der Waals surface area contributed by atoms with Crippen LogP contribution in [0.1, 0.15) is 16.7 Å². The number of hydrogen-bond acceptors (Lipinski definition) is 3. The van der Waals surface area contributed by atoms with Crippen LogP contribution in [0.2, 0.25) is 0 Å². The third kappa shape index (κ3) is 3.01. The van der Waals surface area contributed by atoms with Gasteiger partial charge in [-0.1, -0.05) is 6.07 Å². The molecule has 0 amide bonds. The van der Waals surface area contributed by atoms with Crippen molar-refractivity contribution < 1.29 is 4.74 Å². The molecule has 0 spiro atoms. The number of rotatable bonds is 4. The Balaban J connectivity index is 1.97. The molecule has 0 fully saturated rings.